The van der Waals surface area contributed by atoms with Crippen LogP contribution in [0.3, 0.4) is 0 Å². The SMILES string of the molecule is CN=C(NCC1(C(=O)N(C)C)CCCC1)NC1CCOc2ccccc21. The normalized spacial score (nSPS) is 21.5. The fourth-order valence-electron chi connectivity index (χ4n) is 4.10. The van der Waals surface area contributed by atoms with E-state index in [-0.39, 0.29) is 17.4 Å². The number of carbonyl (C=O) groups excluding carboxylic acids is 1. The first-order valence-electron chi connectivity index (χ1n) is 9.46. The highest BCUT2D eigenvalue weighted by atomic mass is 16.5. The molecule has 2 N–H and O–H groups in total. The van der Waals surface area contributed by atoms with E-state index in [4.69, 9.17) is 4.74 Å². The third-order valence-electron chi connectivity index (χ3n) is 5.51. The molecule has 0 saturated heterocycles. The van der Waals surface area contributed by atoms with Gasteiger partial charge in [-0.1, -0.05) is 31.0 Å². The van der Waals surface area contributed by atoms with E-state index >= 15 is 0 Å². The summed E-state index contributed by atoms with van der Waals surface area (Å²) in [5, 5.41) is 6.92. The average molecular weight is 358 g/mol. The van der Waals surface area contributed by atoms with Gasteiger partial charge in [0, 0.05) is 39.7 Å². The summed E-state index contributed by atoms with van der Waals surface area (Å²) in [6.45, 7) is 1.31. The summed E-state index contributed by atoms with van der Waals surface area (Å²) in [6.07, 6.45) is 4.99. The number of rotatable bonds is 4. The number of hydrogen-bond acceptors (Lipinski definition) is 3. The van der Waals surface area contributed by atoms with E-state index in [0.717, 1.165) is 49.4 Å². The molecular weight excluding hydrogens is 328 g/mol. The molecule has 1 aromatic rings. The first-order valence-corrected chi connectivity index (χ1v) is 9.46. The van der Waals surface area contributed by atoms with Crippen LogP contribution in [0, 0.1) is 5.41 Å². The van der Waals surface area contributed by atoms with Crippen LogP contribution in [0.4, 0.5) is 0 Å². The fraction of sp³-hybridized carbons (Fsp3) is 0.600. The Balaban J connectivity index is 1.66. The third kappa shape index (κ3) is 3.79. The molecule has 1 aromatic carbocycles. The zero-order chi connectivity index (χ0) is 18.6. The highest BCUT2D eigenvalue weighted by Gasteiger charge is 2.42. The summed E-state index contributed by atoms with van der Waals surface area (Å²) >= 11 is 0. The predicted molar refractivity (Wildman–Crippen MR) is 103 cm³/mol. The smallest absolute Gasteiger partial charge is 0.230 e. The van der Waals surface area contributed by atoms with E-state index in [1.807, 2.05) is 32.3 Å². The molecule has 0 radical (unpaired) electrons. The lowest BCUT2D eigenvalue weighted by Gasteiger charge is -2.32. The van der Waals surface area contributed by atoms with Crippen LogP contribution >= 0.6 is 0 Å². The predicted octanol–water partition coefficient (Wildman–Crippen LogP) is 2.32. The van der Waals surface area contributed by atoms with Crippen molar-refractivity contribution >= 4 is 11.9 Å². The second kappa shape index (κ2) is 7.98. The molecule has 1 heterocycles. The lowest BCUT2D eigenvalue weighted by Crippen LogP contribution is -2.50. The molecule has 1 unspecified atom stereocenters. The maximum Gasteiger partial charge on any atom is 0.230 e. The molecule has 1 fully saturated rings. The fourth-order valence-corrected chi connectivity index (χ4v) is 4.10. The molecule has 0 bridgehead atoms. The molecule has 1 saturated carbocycles. The van der Waals surface area contributed by atoms with Crippen LogP contribution in [-0.2, 0) is 4.79 Å². The van der Waals surface area contributed by atoms with Crippen molar-refractivity contribution in [3.63, 3.8) is 0 Å². The molecule has 3 rings (SSSR count). The molecule has 6 heteroatoms. The number of fused-ring (bicyclic) bond motifs is 1. The zero-order valence-electron chi connectivity index (χ0n) is 16.0. The number of guanidine groups is 1. The number of para-hydroxylation sites is 1. The van der Waals surface area contributed by atoms with Gasteiger partial charge in [-0.05, 0) is 18.9 Å². The van der Waals surface area contributed by atoms with E-state index in [9.17, 15) is 4.79 Å². The summed E-state index contributed by atoms with van der Waals surface area (Å²) < 4.78 is 5.73. The Morgan fingerprint density at radius 2 is 2.04 bits per heavy atom. The van der Waals surface area contributed by atoms with Crippen molar-refractivity contribution in [1.29, 1.82) is 0 Å². The maximum atomic E-state index is 12.7. The number of carbonyl (C=O) groups is 1. The van der Waals surface area contributed by atoms with Gasteiger partial charge >= 0.3 is 0 Å². The van der Waals surface area contributed by atoms with Gasteiger partial charge in [-0.3, -0.25) is 9.79 Å². The first-order chi connectivity index (χ1) is 12.6. The molecule has 1 atom stereocenters. The van der Waals surface area contributed by atoms with Crippen molar-refractivity contribution in [2.75, 3.05) is 34.3 Å². The molecule has 1 aliphatic heterocycles. The zero-order valence-corrected chi connectivity index (χ0v) is 16.0. The number of hydrogen-bond donors (Lipinski definition) is 2. The number of nitrogens with one attached hydrogen (secondary N) is 2. The van der Waals surface area contributed by atoms with Crippen molar-refractivity contribution in [3.05, 3.63) is 29.8 Å². The van der Waals surface area contributed by atoms with Gasteiger partial charge in [0.15, 0.2) is 5.96 Å². The number of benzene rings is 1. The minimum Gasteiger partial charge on any atom is -0.493 e. The average Bonchev–Trinajstić information content (AvgIpc) is 3.14. The first kappa shape index (κ1) is 18.5. The van der Waals surface area contributed by atoms with Gasteiger partial charge < -0.3 is 20.3 Å². The summed E-state index contributed by atoms with van der Waals surface area (Å²) in [4.78, 5) is 18.8. The van der Waals surface area contributed by atoms with Crippen molar-refractivity contribution in [3.8, 4) is 5.75 Å². The second-order valence-electron chi connectivity index (χ2n) is 7.48. The Hall–Kier alpha value is -2.24. The van der Waals surface area contributed by atoms with Crippen molar-refractivity contribution in [1.82, 2.24) is 15.5 Å². The Morgan fingerprint density at radius 1 is 1.31 bits per heavy atom. The van der Waals surface area contributed by atoms with Gasteiger partial charge in [-0.25, -0.2) is 0 Å². The van der Waals surface area contributed by atoms with Gasteiger partial charge in [0.25, 0.3) is 0 Å². The molecule has 142 valence electrons. The van der Waals surface area contributed by atoms with Crippen LogP contribution in [0.1, 0.15) is 43.7 Å². The van der Waals surface area contributed by atoms with Gasteiger partial charge in [0.2, 0.25) is 5.91 Å². The van der Waals surface area contributed by atoms with Crippen LogP contribution in [0.5, 0.6) is 5.75 Å². The largest absolute Gasteiger partial charge is 0.493 e. The van der Waals surface area contributed by atoms with Gasteiger partial charge in [0.05, 0.1) is 18.1 Å². The van der Waals surface area contributed by atoms with Crippen LogP contribution in [-0.4, -0.2) is 51.1 Å². The highest BCUT2D eigenvalue weighted by Crippen LogP contribution is 2.39. The number of nitrogens with zero attached hydrogens (tertiary/aromatic N) is 2. The maximum absolute atomic E-state index is 12.7. The summed E-state index contributed by atoms with van der Waals surface area (Å²) in [6, 6.07) is 8.28. The lowest BCUT2D eigenvalue weighted by atomic mass is 9.84. The standard InChI is InChI=1S/C20H30N4O2/c1-21-19(22-14-20(11-6-7-12-20)18(25)24(2)3)23-16-10-13-26-17-9-5-4-8-15(16)17/h4-5,8-9,16H,6-7,10-14H2,1-3H3,(H2,21,22,23). The Morgan fingerprint density at radius 3 is 2.73 bits per heavy atom. The highest BCUT2D eigenvalue weighted by molar-refractivity contribution is 5.85. The monoisotopic (exact) mass is 358 g/mol. The van der Waals surface area contributed by atoms with Crippen LogP contribution in [0.2, 0.25) is 0 Å². The summed E-state index contributed by atoms with van der Waals surface area (Å²) in [5.41, 5.74) is 0.843. The van der Waals surface area contributed by atoms with E-state index < -0.39 is 0 Å². The van der Waals surface area contributed by atoms with Crippen LogP contribution < -0.4 is 15.4 Å². The van der Waals surface area contributed by atoms with E-state index in [2.05, 4.69) is 21.7 Å². The number of aliphatic imine (C=N–C) groups is 1. The minimum atomic E-state index is -0.311. The lowest BCUT2D eigenvalue weighted by molar-refractivity contribution is -0.138. The van der Waals surface area contributed by atoms with Crippen LogP contribution in [0.15, 0.2) is 29.3 Å². The molecule has 0 spiro atoms. The van der Waals surface area contributed by atoms with Gasteiger partial charge in [-0.2, -0.15) is 0 Å². The van der Waals surface area contributed by atoms with E-state index in [1.54, 1.807) is 11.9 Å². The van der Waals surface area contributed by atoms with Gasteiger partial charge in [-0.15, -0.1) is 0 Å². The molecule has 2 aliphatic rings. The second-order valence-corrected chi connectivity index (χ2v) is 7.48. The molecule has 6 nitrogen and oxygen atoms in total. The van der Waals surface area contributed by atoms with Crippen molar-refractivity contribution < 1.29 is 9.53 Å². The molecular formula is C20H30N4O2. The van der Waals surface area contributed by atoms with E-state index in [1.165, 1.54) is 0 Å². The summed E-state index contributed by atoms with van der Waals surface area (Å²) in [5.74, 6) is 1.89. The Bertz CT molecular complexity index is 666. The third-order valence-corrected chi connectivity index (χ3v) is 5.51. The minimum absolute atomic E-state index is 0.162. The number of amides is 1. The Kier molecular flexibility index (Phi) is 5.69. The van der Waals surface area contributed by atoms with Crippen LogP contribution in [0.25, 0.3) is 0 Å². The molecule has 0 aromatic heterocycles. The van der Waals surface area contributed by atoms with Crippen molar-refractivity contribution in [2.45, 2.75) is 38.1 Å². The Labute approximate surface area is 156 Å². The quantitative estimate of drug-likeness (QED) is 0.640. The summed E-state index contributed by atoms with van der Waals surface area (Å²) in [7, 11) is 5.46. The molecule has 1 amide bonds. The van der Waals surface area contributed by atoms with E-state index in [0.29, 0.717) is 13.2 Å². The topological polar surface area (TPSA) is 66.0 Å². The molecule has 26 heavy (non-hydrogen) atoms. The van der Waals surface area contributed by atoms with Gasteiger partial charge in [0.1, 0.15) is 5.75 Å². The number of ether oxygens (including phenoxy) is 1. The molecule has 1 aliphatic carbocycles. The van der Waals surface area contributed by atoms with Crippen molar-refractivity contribution in [2.24, 2.45) is 10.4 Å².